The first kappa shape index (κ1) is 14.0. The van der Waals surface area contributed by atoms with E-state index in [1.165, 1.54) is 17.8 Å². The number of aromatic nitrogens is 1. The van der Waals surface area contributed by atoms with E-state index in [2.05, 4.69) is 37.7 Å². The van der Waals surface area contributed by atoms with Gasteiger partial charge in [-0.05, 0) is 51.7 Å². The molecule has 2 rings (SSSR count). The van der Waals surface area contributed by atoms with E-state index in [0.29, 0.717) is 10.3 Å². The Bertz CT molecular complexity index is 574. The van der Waals surface area contributed by atoms with E-state index in [0.717, 1.165) is 6.42 Å². The lowest BCUT2D eigenvalue weighted by atomic mass is 10.1. The molecule has 0 aromatic carbocycles. The van der Waals surface area contributed by atoms with Crippen molar-refractivity contribution >= 4 is 38.8 Å². The van der Waals surface area contributed by atoms with E-state index >= 15 is 0 Å². The maximum atomic E-state index is 10.6. The van der Waals surface area contributed by atoms with Crippen LogP contribution in [0.4, 0.5) is 11.5 Å². The van der Waals surface area contributed by atoms with Crippen molar-refractivity contribution in [2.45, 2.75) is 19.4 Å². The van der Waals surface area contributed by atoms with Crippen LogP contribution in [0, 0.1) is 10.1 Å². The Hall–Kier alpha value is -1.47. The molecule has 1 N–H and O–H groups in total. The van der Waals surface area contributed by atoms with Crippen LogP contribution in [0.15, 0.2) is 33.6 Å². The van der Waals surface area contributed by atoms with Crippen LogP contribution >= 0.6 is 27.3 Å². The minimum atomic E-state index is -0.462. The van der Waals surface area contributed by atoms with Gasteiger partial charge in [-0.25, -0.2) is 4.98 Å². The van der Waals surface area contributed by atoms with Crippen LogP contribution in [0.1, 0.15) is 12.5 Å². The molecule has 1 atom stereocenters. The molecule has 2 aromatic heterocycles. The predicted octanol–water partition coefficient (Wildman–Crippen LogP) is 3.86. The number of anilines is 1. The van der Waals surface area contributed by atoms with Gasteiger partial charge in [-0.3, -0.25) is 10.1 Å². The van der Waals surface area contributed by atoms with Gasteiger partial charge in [0.05, 0.1) is 9.40 Å². The van der Waals surface area contributed by atoms with Crippen LogP contribution in [0.3, 0.4) is 0 Å². The summed E-state index contributed by atoms with van der Waals surface area (Å²) < 4.78 is 0.596. The van der Waals surface area contributed by atoms with E-state index < -0.39 is 4.92 Å². The molecule has 0 aliphatic heterocycles. The largest absolute Gasteiger partial charge is 0.366 e. The minimum Gasteiger partial charge on any atom is -0.366 e. The van der Waals surface area contributed by atoms with E-state index in [1.807, 2.05) is 12.3 Å². The molecule has 19 heavy (non-hydrogen) atoms. The maximum Gasteiger partial charge on any atom is 0.288 e. The number of pyridine rings is 1. The molecule has 2 heterocycles. The van der Waals surface area contributed by atoms with Crippen molar-refractivity contribution in [1.29, 1.82) is 0 Å². The zero-order chi connectivity index (χ0) is 13.8. The minimum absolute atomic E-state index is 0.0251. The number of nitro groups is 1. The van der Waals surface area contributed by atoms with Crippen molar-refractivity contribution < 1.29 is 4.92 Å². The molecular weight excluding hydrogens is 330 g/mol. The molecule has 5 nitrogen and oxygen atoms in total. The molecule has 0 radical (unpaired) electrons. The topological polar surface area (TPSA) is 68.1 Å². The molecule has 7 heteroatoms. The molecule has 0 saturated carbocycles. The number of nitrogens with one attached hydrogen (secondary N) is 1. The number of nitrogens with zero attached hydrogens (tertiary/aromatic N) is 2. The molecule has 0 bridgehead atoms. The predicted molar refractivity (Wildman–Crippen MR) is 79.7 cm³/mol. The second-order valence-electron chi connectivity index (χ2n) is 4.16. The van der Waals surface area contributed by atoms with Crippen molar-refractivity contribution in [3.63, 3.8) is 0 Å². The van der Waals surface area contributed by atoms with Crippen LogP contribution in [0.5, 0.6) is 0 Å². The molecule has 1 unspecified atom stereocenters. The molecule has 0 saturated heterocycles. The number of halogens is 1. The van der Waals surface area contributed by atoms with Crippen LogP contribution in [0.25, 0.3) is 0 Å². The van der Waals surface area contributed by atoms with Gasteiger partial charge in [0.1, 0.15) is 12.0 Å². The second-order valence-corrected chi connectivity index (χ2v) is 5.80. The van der Waals surface area contributed by atoms with Crippen molar-refractivity contribution in [2.24, 2.45) is 0 Å². The Balaban J connectivity index is 2.04. The number of hydrogen-bond donors (Lipinski definition) is 1. The standard InChI is InChI=1S/C12H12BrN3O2S/c1-8(4-9-2-3-19-7-9)15-12-11(13)5-10(6-14-12)16(17)18/h2-3,5-8H,4H2,1H3,(H,14,15). The van der Waals surface area contributed by atoms with Crippen LogP contribution in [0.2, 0.25) is 0 Å². The van der Waals surface area contributed by atoms with Crippen molar-refractivity contribution in [2.75, 3.05) is 5.32 Å². The highest BCUT2D eigenvalue weighted by molar-refractivity contribution is 9.10. The third-order valence-corrected chi connectivity index (χ3v) is 3.88. The molecule has 0 spiro atoms. The lowest BCUT2D eigenvalue weighted by Crippen LogP contribution is -2.18. The molecule has 2 aromatic rings. The summed E-state index contributed by atoms with van der Waals surface area (Å²) in [5.41, 5.74) is 1.24. The fourth-order valence-electron chi connectivity index (χ4n) is 1.68. The highest BCUT2D eigenvalue weighted by Crippen LogP contribution is 2.25. The number of thiophene rings is 1. The van der Waals surface area contributed by atoms with Gasteiger partial charge in [-0.2, -0.15) is 11.3 Å². The van der Waals surface area contributed by atoms with Gasteiger partial charge >= 0.3 is 0 Å². The fraction of sp³-hybridized carbons (Fsp3) is 0.250. The quantitative estimate of drug-likeness (QED) is 0.662. The van der Waals surface area contributed by atoms with E-state index in [1.54, 1.807) is 11.3 Å². The Morgan fingerprint density at radius 1 is 1.63 bits per heavy atom. The normalized spacial score (nSPS) is 12.1. The van der Waals surface area contributed by atoms with Crippen LogP contribution < -0.4 is 5.32 Å². The Morgan fingerprint density at radius 3 is 3.00 bits per heavy atom. The maximum absolute atomic E-state index is 10.6. The summed E-state index contributed by atoms with van der Waals surface area (Å²) in [7, 11) is 0. The molecule has 0 aliphatic rings. The van der Waals surface area contributed by atoms with Crippen molar-refractivity contribution in [1.82, 2.24) is 4.98 Å². The monoisotopic (exact) mass is 341 g/mol. The number of rotatable bonds is 5. The van der Waals surface area contributed by atoms with Crippen LogP contribution in [-0.4, -0.2) is 15.9 Å². The molecule has 0 amide bonds. The number of hydrogen-bond acceptors (Lipinski definition) is 5. The first-order valence-electron chi connectivity index (χ1n) is 5.64. The highest BCUT2D eigenvalue weighted by atomic mass is 79.9. The van der Waals surface area contributed by atoms with Gasteiger partial charge in [0.2, 0.25) is 0 Å². The average Bonchev–Trinajstić information content (AvgIpc) is 2.84. The smallest absolute Gasteiger partial charge is 0.288 e. The fourth-order valence-corrected chi connectivity index (χ4v) is 2.81. The van der Waals surface area contributed by atoms with Gasteiger partial charge in [-0.15, -0.1) is 0 Å². The van der Waals surface area contributed by atoms with Gasteiger partial charge in [0, 0.05) is 12.1 Å². The second kappa shape index (κ2) is 6.12. The first-order chi connectivity index (χ1) is 9.06. The SMILES string of the molecule is CC(Cc1ccsc1)Nc1ncc([N+](=O)[O-])cc1Br. The molecular formula is C12H12BrN3O2S. The van der Waals surface area contributed by atoms with E-state index in [4.69, 9.17) is 0 Å². The third kappa shape index (κ3) is 3.74. The van der Waals surface area contributed by atoms with Crippen molar-refractivity contribution in [3.8, 4) is 0 Å². The zero-order valence-electron chi connectivity index (χ0n) is 10.2. The van der Waals surface area contributed by atoms with Crippen molar-refractivity contribution in [3.05, 3.63) is 49.2 Å². The van der Waals surface area contributed by atoms with E-state index in [-0.39, 0.29) is 11.7 Å². The summed E-state index contributed by atoms with van der Waals surface area (Å²) in [5.74, 6) is 0.619. The lowest BCUT2D eigenvalue weighted by Gasteiger charge is -2.14. The third-order valence-electron chi connectivity index (χ3n) is 2.54. The summed E-state index contributed by atoms with van der Waals surface area (Å²) in [6, 6.07) is 3.73. The highest BCUT2D eigenvalue weighted by Gasteiger charge is 2.12. The average molecular weight is 342 g/mol. The Labute approximate surface area is 123 Å². The first-order valence-corrected chi connectivity index (χ1v) is 7.37. The van der Waals surface area contributed by atoms with E-state index in [9.17, 15) is 10.1 Å². The molecule has 0 fully saturated rings. The van der Waals surface area contributed by atoms with Gasteiger partial charge in [0.15, 0.2) is 0 Å². The summed E-state index contributed by atoms with van der Waals surface area (Å²) in [6.45, 7) is 2.05. The lowest BCUT2D eigenvalue weighted by molar-refractivity contribution is -0.385. The molecule has 0 aliphatic carbocycles. The summed E-state index contributed by atoms with van der Waals surface area (Å²) >= 11 is 4.96. The van der Waals surface area contributed by atoms with Crippen LogP contribution in [-0.2, 0) is 6.42 Å². The zero-order valence-corrected chi connectivity index (χ0v) is 12.6. The summed E-state index contributed by atoms with van der Waals surface area (Å²) in [6.07, 6.45) is 2.14. The van der Waals surface area contributed by atoms with Gasteiger partial charge in [0.25, 0.3) is 5.69 Å². The Morgan fingerprint density at radius 2 is 2.42 bits per heavy atom. The Kier molecular flexibility index (Phi) is 4.49. The van der Waals surface area contributed by atoms with Gasteiger partial charge in [-0.1, -0.05) is 0 Å². The summed E-state index contributed by atoms with van der Waals surface area (Å²) in [5, 5.41) is 18.0. The van der Waals surface area contributed by atoms with Gasteiger partial charge < -0.3 is 5.32 Å². The summed E-state index contributed by atoms with van der Waals surface area (Å²) in [4.78, 5) is 14.2. The molecule has 100 valence electrons.